The molecule has 0 aliphatic rings. The maximum Gasteiger partial charge on any atom is 0.417 e. The summed E-state index contributed by atoms with van der Waals surface area (Å²) in [6.07, 6.45) is -3.40. The van der Waals surface area contributed by atoms with E-state index < -0.39 is 27.1 Å². The van der Waals surface area contributed by atoms with Crippen molar-refractivity contribution >= 4 is 27.9 Å². The molecule has 19 heavy (non-hydrogen) atoms. The van der Waals surface area contributed by atoms with Crippen molar-refractivity contribution in [3.05, 3.63) is 29.3 Å². The molecule has 106 valence electrons. The minimum atomic E-state index is -4.61. The molecule has 0 bridgehead atoms. The first-order valence-electron chi connectivity index (χ1n) is 5.10. The number of hydrogen-bond donors (Lipinski definition) is 0. The van der Waals surface area contributed by atoms with Gasteiger partial charge in [-0.1, -0.05) is 0 Å². The van der Waals surface area contributed by atoms with Crippen molar-refractivity contribution in [2.45, 2.75) is 11.1 Å². The highest BCUT2D eigenvalue weighted by Crippen LogP contribution is 2.34. The fraction of sp³-hybridized carbons (Fsp3) is 0.364. The molecule has 0 aromatic heterocycles. The number of benzene rings is 1. The van der Waals surface area contributed by atoms with Gasteiger partial charge in [-0.3, -0.25) is 4.79 Å². The Kier molecular flexibility index (Phi) is 5.03. The highest BCUT2D eigenvalue weighted by molar-refractivity contribution is 8.00. The van der Waals surface area contributed by atoms with E-state index in [2.05, 4.69) is 0 Å². The number of carbonyl (C=O) groups excluding carboxylic acids is 1. The number of thioether (sulfide) groups is 1. The largest absolute Gasteiger partial charge is 0.417 e. The molecule has 0 fully saturated rings. The van der Waals surface area contributed by atoms with Gasteiger partial charge in [-0.15, -0.1) is 11.8 Å². The minimum absolute atomic E-state index is 0.117. The van der Waals surface area contributed by atoms with E-state index in [9.17, 15) is 26.4 Å². The van der Waals surface area contributed by atoms with Crippen molar-refractivity contribution in [1.82, 2.24) is 0 Å². The Balaban J connectivity index is 2.90. The van der Waals surface area contributed by atoms with Gasteiger partial charge in [0.25, 0.3) is 0 Å². The lowest BCUT2D eigenvalue weighted by Gasteiger charge is -2.11. The van der Waals surface area contributed by atoms with Crippen LogP contribution in [0.4, 0.5) is 13.2 Å². The first-order valence-corrected chi connectivity index (χ1v) is 8.15. The van der Waals surface area contributed by atoms with E-state index in [4.69, 9.17) is 0 Å². The minimum Gasteiger partial charge on any atom is -0.298 e. The van der Waals surface area contributed by atoms with Crippen LogP contribution in [-0.4, -0.2) is 32.5 Å². The molecule has 0 saturated carbocycles. The van der Waals surface area contributed by atoms with Crippen LogP contribution in [0.5, 0.6) is 0 Å². The average Bonchev–Trinajstić information content (AvgIpc) is 2.26. The number of carbonyl (C=O) groups is 1. The Morgan fingerprint density at radius 1 is 1.32 bits per heavy atom. The summed E-state index contributed by atoms with van der Waals surface area (Å²) >= 11 is 1.00. The second kappa shape index (κ2) is 5.96. The molecule has 1 aromatic carbocycles. The Labute approximate surface area is 113 Å². The van der Waals surface area contributed by atoms with Crippen LogP contribution in [0.1, 0.15) is 15.9 Å². The molecule has 0 aliphatic heterocycles. The SMILES string of the molecule is CS(=O)(=O)CCSc1ccc(C=O)c(C(F)(F)F)c1. The van der Waals surface area contributed by atoms with E-state index in [-0.39, 0.29) is 22.7 Å². The van der Waals surface area contributed by atoms with Crippen molar-refractivity contribution < 1.29 is 26.4 Å². The third-order valence-electron chi connectivity index (χ3n) is 2.18. The van der Waals surface area contributed by atoms with E-state index in [0.29, 0.717) is 0 Å². The third-order valence-corrected chi connectivity index (χ3v) is 4.38. The molecule has 8 heteroatoms. The molecule has 0 spiro atoms. The van der Waals surface area contributed by atoms with E-state index in [1.165, 1.54) is 6.07 Å². The normalized spacial score (nSPS) is 12.4. The standard InChI is InChI=1S/C11H11F3O3S2/c1-19(16,17)5-4-18-9-3-2-8(7-15)10(6-9)11(12,13)14/h2-3,6-7H,4-5H2,1H3. The van der Waals surface area contributed by atoms with Gasteiger partial charge >= 0.3 is 6.18 Å². The van der Waals surface area contributed by atoms with Crippen LogP contribution in [0.25, 0.3) is 0 Å². The molecular formula is C11H11F3O3S2. The number of alkyl halides is 3. The molecular weight excluding hydrogens is 301 g/mol. The second-order valence-corrected chi connectivity index (χ2v) is 7.27. The fourth-order valence-electron chi connectivity index (χ4n) is 1.28. The van der Waals surface area contributed by atoms with Gasteiger partial charge < -0.3 is 0 Å². The number of sulfone groups is 1. The zero-order valence-corrected chi connectivity index (χ0v) is 11.5. The lowest BCUT2D eigenvalue weighted by atomic mass is 10.1. The molecule has 0 unspecified atom stereocenters. The quantitative estimate of drug-likeness (QED) is 0.619. The molecule has 3 nitrogen and oxygen atoms in total. The number of aldehydes is 1. The van der Waals surface area contributed by atoms with E-state index in [1.807, 2.05) is 0 Å². The molecule has 0 aliphatic carbocycles. The summed E-state index contributed by atoms with van der Waals surface area (Å²) < 4.78 is 59.8. The topological polar surface area (TPSA) is 51.2 Å². The summed E-state index contributed by atoms with van der Waals surface area (Å²) in [6, 6.07) is 3.31. The summed E-state index contributed by atoms with van der Waals surface area (Å²) in [5.41, 5.74) is -1.44. The van der Waals surface area contributed by atoms with Gasteiger partial charge in [-0.2, -0.15) is 13.2 Å². The van der Waals surface area contributed by atoms with Crippen LogP contribution in [0.2, 0.25) is 0 Å². The van der Waals surface area contributed by atoms with Crippen LogP contribution >= 0.6 is 11.8 Å². The molecule has 0 radical (unpaired) electrons. The van der Waals surface area contributed by atoms with Crippen LogP contribution in [-0.2, 0) is 16.0 Å². The summed E-state index contributed by atoms with van der Waals surface area (Å²) in [5.74, 6) is 0.0466. The van der Waals surface area contributed by atoms with Gasteiger partial charge in [-0.05, 0) is 18.2 Å². The zero-order chi connectivity index (χ0) is 14.7. The molecule has 0 heterocycles. The van der Waals surface area contributed by atoms with Crippen molar-refractivity contribution in [3.8, 4) is 0 Å². The molecule has 1 rings (SSSR count). The van der Waals surface area contributed by atoms with E-state index in [1.54, 1.807) is 0 Å². The van der Waals surface area contributed by atoms with Gasteiger partial charge in [-0.25, -0.2) is 8.42 Å². The number of hydrogen-bond acceptors (Lipinski definition) is 4. The van der Waals surface area contributed by atoms with Crippen molar-refractivity contribution in [2.24, 2.45) is 0 Å². The van der Waals surface area contributed by atoms with Gasteiger partial charge in [0.2, 0.25) is 0 Å². The Bertz CT molecular complexity index is 565. The second-order valence-electron chi connectivity index (χ2n) is 3.84. The average molecular weight is 312 g/mol. The van der Waals surface area contributed by atoms with E-state index in [0.717, 1.165) is 30.2 Å². The van der Waals surface area contributed by atoms with Gasteiger partial charge in [0.15, 0.2) is 6.29 Å². The van der Waals surface area contributed by atoms with Gasteiger partial charge in [0, 0.05) is 22.5 Å². The summed E-state index contributed by atoms with van der Waals surface area (Å²) in [6.45, 7) is 0. The smallest absolute Gasteiger partial charge is 0.298 e. The highest BCUT2D eigenvalue weighted by atomic mass is 32.2. The first kappa shape index (κ1) is 16.0. The Hall–Kier alpha value is -1.02. The van der Waals surface area contributed by atoms with Crippen LogP contribution in [0.15, 0.2) is 23.1 Å². The monoisotopic (exact) mass is 312 g/mol. The molecule has 0 N–H and O–H groups in total. The predicted molar refractivity (Wildman–Crippen MR) is 67.3 cm³/mol. The molecule has 0 saturated heterocycles. The van der Waals surface area contributed by atoms with Gasteiger partial charge in [0.1, 0.15) is 9.84 Å². The molecule has 0 atom stereocenters. The maximum atomic E-state index is 12.7. The molecule has 1 aromatic rings. The number of rotatable bonds is 5. The highest BCUT2D eigenvalue weighted by Gasteiger charge is 2.33. The van der Waals surface area contributed by atoms with Gasteiger partial charge in [0.05, 0.1) is 11.3 Å². The Morgan fingerprint density at radius 3 is 2.42 bits per heavy atom. The summed E-state index contributed by atoms with van der Waals surface area (Å²) in [7, 11) is -3.14. The van der Waals surface area contributed by atoms with Crippen molar-refractivity contribution in [3.63, 3.8) is 0 Å². The van der Waals surface area contributed by atoms with Crippen molar-refractivity contribution in [1.29, 1.82) is 0 Å². The first-order chi connectivity index (χ1) is 8.63. The lowest BCUT2D eigenvalue weighted by molar-refractivity contribution is -0.138. The van der Waals surface area contributed by atoms with Crippen LogP contribution < -0.4 is 0 Å². The van der Waals surface area contributed by atoms with Crippen molar-refractivity contribution in [2.75, 3.05) is 17.8 Å². The van der Waals surface area contributed by atoms with E-state index >= 15 is 0 Å². The fourth-order valence-corrected chi connectivity index (χ4v) is 3.43. The lowest BCUT2D eigenvalue weighted by Crippen LogP contribution is -2.09. The van der Waals surface area contributed by atoms with Crippen LogP contribution in [0.3, 0.4) is 0 Å². The predicted octanol–water partition coefficient (Wildman–Crippen LogP) is 2.65. The molecule has 0 amide bonds. The summed E-state index contributed by atoms with van der Waals surface area (Å²) in [5, 5.41) is 0. The Morgan fingerprint density at radius 2 is 1.95 bits per heavy atom. The zero-order valence-electron chi connectivity index (χ0n) is 9.90. The van der Waals surface area contributed by atoms with Crippen LogP contribution in [0, 0.1) is 0 Å². The third kappa shape index (κ3) is 5.23. The maximum absolute atomic E-state index is 12.7. The summed E-state index contributed by atoms with van der Waals surface area (Å²) in [4.78, 5) is 10.8. The number of halogens is 3.